The molecule has 0 radical (unpaired) electrons. The maximum atomic E-state index is 5.28. The van der Waals surface area contributed by atoms with Crippen LogP contribution in [0.25, 0.3) is 49.7 Å². The van der Waals surface area contributed by atoms with E-state index >= 15 is 0 Å². The molecule has 41 heavy (non-hydrogen) atoms. The number of nitrogens with zero attached hydrogens (tertiary/aromatic N) is 3. The first-order chi connectivity index (χ1) is 19.8. The van der Waals surface area contributed by atoms with Gasteiger partial charge in [-0.3, -0.25) is 9.55 Å². The summed E-state index contributed by atoms with van der Waals surface area (Å²) in [5, 5.41) is 3.56. The highest BCUT2D eigenvalue weighted by Gasteiger charge is 2.27. The predicted molar refractivity (Wildman–Crippen MR) is 175 cm³/mol. The van der Waals surface area contributed by atoms with E-state index in [2.05, 4.69) is 123 Å². The summed E-state index contributed by atoms with van der Waals surface area (Å²) in [5.74, 6) is 0.913. The number of thiol groups is 1. The van der Waals surface area contributed by atoms with Crippen molar-refractivity contribution in [1.82, 2.24) is 14.5 Å². The summed E-state index contributed by atoms with van der Waals surface area (Å²) in [6, 6.07) is 36.5. The van der Waals surface area contributed by atoms with Crippen LogP contribution in [0.3, 0.4) is 0 Å². The molecule has 3 aromatic heterocycles. The second-order valence-corrected chi connectivity index (χ2v) is 11.9. The van der Waals surface area contributed by atoms with Gasteiger partial charge in [-0.15, -0.1) is 12.6 Å². The fraction of sp³-hybridized carbons (Fsp3) is 0.135. The molecule has 3 heterocycles. The Morgan fingerprint density at radius 2 is 1.41 bits per heavy atom. The summed E-state index contributed by atoms with van der Waals surface area (Å²) >= 11 is 4.85. The third kappa shape index (κ3) is 4.05. The Morgan fingerprint density at radius 1 is 0.683 bits per heavy atom. The van der Waals surface area contributed by atoms with Crippen LogP contribution >= 0.6 is 12.6 Å². The van der Waals surface area contributed by atoms with Gasteiger partial charge in [0.2, 0.25) is 0 Å². The van der Waals surface area contributed by atoms with E-state index in [0.717, 1.165) is 38.3 Å². The zero-order valence-electron chi connectivity index (χ0n) is 23.7. The quantitative estimate of drug-likeness (QED) is 0.222. The summed E-state index contributed by atoms with van der Waals surface area (Å²) in [4.78, 5) is 10.9. The Morgan fingerprint density at radius 3 is 2.20 bits per heavy atom. The molecule has 0 saturated heterocycles. The van der Waals surface area contributed by atoms with E-state index < -0.39 is 0 Å². The number of aryl methyl sites for hydroxylation is 2. The van der Waals surface area contributed by atoms with Gasteiger partial charge in [0, 0.05) is 32.7 Å². The number of para-hydroxylation sites is 1. The summed E-state index contributed by atoms with van der Waals surface area (Å²) < 4.78 is 2.26. The SMILES string of the molecule is Cc1cccc(C)c1-c1ccc(S)c2nc(C(C)(C)c3ccc4c5ccccc5n(-c5ccccn5)c4c3)ccc12. The highest BCUT2D eigenvalue weighted by Crippen LogP contribution is 2.40. The Bertz CT molecular complexity index is 2090. The minimum atomic E-state index is -0.345. The van der Waals surface area contributed by atoms with Crippen LogP contribution in [0.5, 0.6) is 0 Å². The zero-order chi connectivity index (χ0) is 28.3. The van der Waals surface area contributed by atoms with Crippen LogP contribution in [-0.2, 0) is 5.41 Å². The molecule has 200 valence electrons. The molecule has 0 aliphatic carbocycles. The minimum Gasteiger partial charge on any atom is -0.294 e. The first-order valence-corrected chi connectivity index (χ1v) is 14.4. The van der Waals surface area contributed by atoms with Gasteiger partial charge in [-0.2, -0.15) is 0 Å². The Hall–Kier alpha value is -4.41. The number of aromatic nitrogens is 3. The molecule has 4 aromatic carbocycles. The van der Waals surface area contributed by atoms with Crippen molar-refractivity contribution in [1.29, 1.82) is 0 Å². The van der Waals surface area contributed by atoms with Crippen molar-refractivity contribution in [3.05, 3.63) is 132 Å². The number of pyridine rings is 2. The molecule has 0 atom stereocenters. The van der Waals surface area contributed by atoms with Gasteiger partial charge in [0.05, 0.1) is 22.2 Å². The van der Waals surface area contributed by atoms with E-state index in [0.29, 0.717) is 0 Å². The Labute approximate surface area is 245 Å². The number of hydrogen-bond acceptors (Lipinski definition) is 3. The number of rotatable bonds is 4. The molecule has 0 amide bonds. The third-order valence-electron chi connectivity index (χ3n) is 8.50. The van der Waals surface area contributed by atoms with Crippen molar-refractivity contribution in [2.24, 2.45) is 0 Å². The molecule has 0 unspecified atom stereocenters. The monoisotopic (exact) mass is 549 g/mol. The van der Waals surface area contributed by atoms with Crippen LogP contribution in [0, 0.1) is 13.8 Å². The van der Waals surface area contributed by atoms with Gasteiger partial charge in [-0.25, -0.2) is 4.98 Å². The molecular formula is C37H31N3S. The first-order valence-electron chi connectivity index (χ1n) is 14.0. The average molecular weight is 550 g/mol. The lowest BCUT2D eigenvalue weighted by atomic mass is 9.80. The van der Waals surface area contributed by atoms with Gasteiger partial charge in [0.15, 0.2) is 0 Å². The van der Waals surface area contributed by atoms with Crippen molar-refractivity contribution in [3.8, 4) is 16.9 Å². The van der Waals surface area contributed by atoms with Crippen molar-refractivity contribution < 1.29 is 0 Å². The number of hydrogen-bond donors (Lipinski definition) is 1. The summed E-state index contributed by atoms with van der Waals surface area (Å²) in [5.41, 5.74) is 10.1. The molecule has 0 spiro atoms. The smallest absolute Gasteiger partial charge is 0.137 e. The first kappa shape index (κ1) is 25.6. The zero-order valence-corrected chi connectivity index (χ0v) is 24.6. The van der Waals surface area contributed by atoms with Crippen molar-refractivity contribution in [3.63, 3.8) is 0 Å². The van der Waals surface area contributed by atoms with Crippen molar-refractivity contribution in [2.45, 2.75) is 38.0 Å². The molecule has 7 aromatic rings. The molecule has 0 fully saturated rings. The summed E-state index contributed by atoms with van der Waals surface area (Å²) in [6.07, 6.45) is 1.85. The molecule has 0 aliphatic heterocycles. The molecular weight excluding hydrogens is 518 g/mol. The van der Waals surface area contributed by atoms with Gasteiger partial charge < -0.3 is 0 Å². The van der Waals surface area contributed by atoms with Crippen LogP contribution in [0.15, 0.2) is 114 Å². The second kappa shape index (κ2) is 9.60. The Balaban J connectivity index is 1.41. The molecule has 4 heteroatoms. The van der Waals surface area contributed by atoms with Gasteiger partial charge in [-0.05, 0) is 78.1 Å². The van der Waals surface area contributed by atoms with E-state index in [1.54, 1.807) is 0 Å². The molecule has 0 aliphatic rings. The van der Waals surface area contributed by atoms with Gasteiger partial charge in [-0.1, -0.05) is 80.6 Å². The molecule has 0 bridgehead atoms. The van der Waals surface area contributed by atoms with Crippen LogP contribution in [-0.4, -0.2) is 14.5 Å². The van der Waals surface area contributed by atoms with Crippen LogP contribution in [0.2, 0.25) is 0 Å². The highest BCUT2D eigenvalue weighted by atomic mass is 32.1. The largest absolute Gasteiger partial charge is 0.294 e. The lowest BCUT2D eigenvalue weighted by molar-refractivity contribution is 0.620. The second-order valence-electron chi connectivity index (χ2n) is 11.4. The van der Waals surface area contributed by atoms with Crippen LogP contribution < -0.4 is 0 Å². The van der Waals surface area contributed by atoms with E-state index in [9.17, 15) is 0 Å². The molecule has 0 saturated carbocycles. The lowest BCUT2D eigenvalue weighted by Gasteiger charge is -2.26. The third-order valence-corrected chi connectivity index (χ3v) is 8.86. The molecule has 7 rings (SSSR count). The van der Waals surface area contributed by atoms with E-state index in [1.165, 1.54) is 38.6 Å². The van der Waals surface area contributed by atoms with E-state index in [1.807, 2.05) is 18.3 Å². The van der Waals surface area contributed by atoms with Crippen LogP contribution in [0.4, 0.5) is 0 Å². The average Bonchev–Trinajstić information content (AvgIpc) is 3.32. The Kier molecular flexibility index (Phi) is 5.98. The fourth-order valence-corrected chi connectivity index (χ4v) is 6.49. The lowest BCUT2D eigenvalue weighted by Crippen LogP contribution is -2.20. The number of benzene rings is 4. The standard InChI is InChI=1S/C37H31N3S/c1-23-10-9-11-24(2)35(23)28-17-19-32(41)36-29(28)18-20-33(39-36)37(3,4)25-15-16-27-26-12-5-6-13-30(26)40(31(27)22-25)34-14-7-8-21-38-34/h5-22,41H,1-4H3. The van der Waals surface area contributed by atoms with Crippen molar-refractivity contribution >= 4 is 45.3 Å². The highest BCUT2D eigenvalue weighted by molar-refractivity contribution is 7.80. The van der Waals surface area contributed by atoms with Crippen molar-refractivity contribution in [2.75, 3.05) is 0 Å². The fourth-order valence-electron chi connectivity index (χ4n) is 6.25. The molecule has 0 N–H and O–H groups in total. The number of fused-ring (bicyclic) bond motifs is 4. The maximum absolute atomic E-state index is 5.28. The summed E-state index contributed by atoms with van der Waals surface area (Å²) in [6.45, 7) is 8.86. The topological polar surface area (TPSA) is 30.7 Å². The summed E-state index contributed by atoms with van der Waals surface area (Å²) in [7, 11) is 0. The maximum Gasteiger partial charge on any atom is 0.137 e. The van der Waals surface area contributed by atoms with Gasteiger partial charge >= 0.3 is 0 Å². The molecule has 3 nitrogen and oxygen atoms in total. The van der Waals surface area contributed by atoms with E-state index in [-0.39, 0.29) is 5.41 Å². The van der Waals surface area contributed by atoms with Gasteiger partial charge in [0.1, 0.15) is 5.82 Å². The minimum absolute atomic E-state index is 0.345. The normalized spacial score (nSPS) is 12.0. The predicted octanol–water partition coefficient (Wildman–Crippen LogP) is 9.63. The van der Waals surface area contributed by atoms with Gasteiger partial charge in [0.25, 0.3) is 0 Å². The van der Waals surface area contributed by atoms with E-state index in [4.69, 9.17) is 22.6 Å². The van der Waals surface area contributed by atoms with Crippen LogP contribution in [0.1, 0.15) is 36.2 Å².